The second-order valence-corrected chi connectivity index (χ2v) is 26.3. The van der Waals surface area contributed by atoms with Gasteiger partial charge in [-0.05, 0) is 85.9 Å². The van der Waals surface area contributed by atoms with Crippen LogP contribution in [0, 0.1) is 46.3 Å². The zero-order valence-corrected chi connectivity index (χ0v) is 47.2. The fraction of sp³-hybridized carbons (Fsp3) is 1.00. The summed E-state index contributed by atoms with van der Waals surface area (Å²) in [4.78, 5) is 0. The van der Waals surface area contributed by atoms with Crippen LogP contribution >= 0.6 is 0 Å². The normalized spacial score (nSPS) is 57.7. The molecule has 4 aliphatic carbocycles. The fourth-order valence-electron chi connectivity index (χ4n) is 17.3. The maximum atomic E-state index is 12.3. The smallest absolute Gasteiger partial charge is 0.187 e. The van der Waals surface area contributed by atoms with Gasteiger partial charge in [0.2, 0.25) is 0 Å². The Morgan fingerprint density at radius 3 is 1.70 bits per heavy atom. The van der Waals surface area contributed by atoms with Crippen molar-refractivity contribution in [1.82, 2.24) is 0 Å². The SMILES string of the molecule is C[C@H]1[C@H]2[C@@H](O[C@]13CCCCO3)[C@@H](O)[C@H]1[C@@H]3CC[C@H]4C[C@@H](O[C@@H]5O[C@H](CO)[C@H](O[C@@H]6O[C@H](CO)[C@@H](O)[C@H](O[C@@H]7OC[C@@H](O)[C@H](O)[C@H]7O)[C@H]6O[C@@H]6O[C@H](CO)[C@H](O)[C@H](O[C@@H]7O[C@H](CO)[C@@H](O)[C@H](O)[C@H]7O)[C@H]6O)[C@H](O)[C@H]5O)[C@H](O)C[C@]4(C)[C@H]3CC[C@]21C. The van der Waals surface area contributed by atoms with Crippen molar-refractivity contribution in [2.75, 3.05) is 39.6 Å². The van der Waals surface area contributed by atoms with Crippen LogP contribution < -0.4 is 0 Å². The maximum absolute atomic E-state index is 12.3. The minimum absolute atomic E-state index is 0.00186. The van der Waals surface area contributed by atoms with Crippen LogP contribution in [0.5, 0.6) is 0 Å². The van der Waals surface area contributed by atoms with Gasteiger partial charge in [0.25, 0.3) is 0 Å². The molecular formula is C55H90O29. The lowest BCUT2D eigenvalue weighted by Gasteiger charge is -2.62. The molecule has 0 aromatic heterocycles. The fourth-order valence-corrected chi connectivity index (χ4v) is 17.3. The number of aliphatic hydroxyl groups is 17. The van der Waals surface area contributed by atoms with Crippen LogP contribution in [0.2, 0.25) is 0 Å². The highest BCUT2D eigenvalue weighted by molar-refractivity contribution is 5.19. The number of rotatable bonds is 14. The van der Waals surface area contributed by atoms with Gasteiger partial charge < -0.3 is 144 Å². The topological polar surface area (TPSA) is 455 Å². The highest BCUT2D eigenvalue weighted by Crippen LogP contribution is 2.71. The molecule has 7 aliphatic heterocycles. The zero-order chi connectivity index (χ0) is 60.2. The first-order chi connectivity index (χ1) is 39.9. The summed E-state index contributed by atoms with van der Waals surface area (Å²) in [7, 11) is 0. The Morgan fingerprint density at radius 2 is 1.04 bits per heavy atom. The van der Waals surface area contributed by atoms with Gasteiger partial charge >= 0.3 is 0 Å². The summed E-state index contributed by atoms with van der Waals surface area (Å²) in [6.07, 6.45) is -41.4. The second-order valence-electron chi connectivity index (χ2n) is 26.3. The standard InChI is InChI=1S/C55H90O29/c1-19-30-44(84-55(19)9-4-5-11-74-55)36(66)31-21-7-6-20-12-25(23(60)13-54(20,3)22(21)8-10-53(30,31)2)75-49-41(71)38(68)43(29(17-59)79-49)80-52-47(46(35(65)28(16-58)78-52)82-48-39(69)32(62)24(61)18-73-48)83-51-42(72)45(34(64)27(15-57)77-51)81-50-40(70)37(67)33(63)26(14-56)76-50/h19-52,56-72H,4-18H2,1-3H3/t19-,20-,21+,22-,23+,24+,25+,26+,27+,28+,29+,30-,31+,32-,33+,34-,35+,36-,37-,38+,39+,40+,41+,42+,43-,44+,45-,46-,47+,48-,49+,50-,51-,52-,53+,54-,55+/m0/s1. The molecule has 4 saturated carbocycles. The van der Waals surface area contributed by atoms with E-state index in [4.69, 9.17) is 56.8 Å². The molecule has 11 rings (SSSR count). The molecule has 0 radical (unpaired) electrons. The number of ether oxygens (including phenoxy) is 12. The van der Waals surface area contributed by atoms with E-state index in [1.807, 2.05) is 0 Å². The van der Waals surface area contributed by atoms with E-state index in [9.17, 15) is 86.8 Å². The van der Waals surface area contributed by atoms with Crippen molar-refractivity contribution in [3.05, 3.63) is 0 Å². The molecule has 484 valence electrons. The quantitative estimate of drug-likeness (QED) is 0.0719. The van der Waals surface area contributed by atoms with Crippen molar-refractivity contribution in [3.63, 3.8) is 0 Å². The van der Waals surface area contributed by atoms with Crippen molar-refractivity contribution < 1.29 is 144 Å². The maximum Gasteiger partial charge on any atom is 0.187 e. The first kappa shape index (κ1) is 64.4. The van der Waals surface area contributed by atoms with E-state index in [0.717, 1.165) is 44.9 Å². The Bertz CT molecular complexity index is 2180. The Labute approximate surface area is 484 Å². The van der Waals surface area contributed by atoms with Crippen molar-refractivity contribution >= 4 is 0 Å². The van der Waals surface area contributed by atoms with Crippen molar-refractivity contribution in [2.24, 2.45) is 46.3 Å². The molecule has 0 amide bonds. The van der Waals surface area contributed by atoms with Gasteiger partial charge in [0.15, 0.2) is 37.2 Å². The molecule has 0 aromatic rings. The van der Waals surface area contributed by atoms with Crippen molar-refractivity contribution in [2.45, 2.75) is 256 Å². The van der Waals surface area contributed by atoms with E-state index < -0.39 is 205 Å². The molecule has 37 atom stereocenters. The van der Waals surface area contributed by atoms with Crippen LogP contribution in [0.15, 0.2) is 0 Å². The minimum atomic E-state index is -2.21. The molecule has 11 fully saturated rings. The number of hydrogen-bond donors (Lipinski definition) is 17. The molecule has 0 bridgehead atoms. The second kappa shape index (κ2) is 25.1. The predicted octanol–water partition coefficient (Wildman–Crippen LogP) is -6.75. The predicted molar refractivity (Wildman–Crippen MR) is 273 cm³/mol. The van der Waals surface area contributed by atoms with E-state index >= 15 is 0 Å². The lowest BCUT2D eigenvalue weighted by molar-refractivity contribution is -0.410. The molecule has 29 heteroatoms. The average molecular weight is 1220 g/mol. The lowest BCUT2D eigenvalue weighted by Crippen LogP contribution is -2.69. The molecule has 1 spiro atoms. The van der Waals surface area contributed by atoms with Gasteiger partial charge in [-0.1, -0.05) is 20.8 Å². The lowest BCUT2D eigenvalue weighted by atomic mass is 9.44. The summed E-state index contributed by atoms with van der Waals surface area (Å²) in [5.74, 6) is -0.00104. The molecule has 7 saturated heterocycles. The van der Waals surface area contributed by atoms with Gasteiger partial charge in [0.1, 0.15) is 116 Å². The van der Waals surface area contributed by atoms with Crippen LogP contribution in [-0.2, 0) is 56.8 Å². The first-order valence-corrected chi connectivity index (χ1v) is 30.1. The Balaban J connectivity index is 0.800. The average Bonchev–Trinajstić information content (AvgIpc) is 1.50. The van der Waals surface area contributed by atoms with E-state index in [-0.39, 0.29) is 52.4 Å². The van der Waals surface area contributed by atoms with Gasteiger partial charge in [-0.15, -0.1) is 0 Å². The van der Waals surface area contributed by atoms with Gasteiger partial charge in [-0.25, -0.2) is 0 Å². The summed E-state index contributed by atoms with van der Waals surface area (Å²) >= 11 is 0. The Hall–Kier alpha value is -1.16. The highest BCUT2D eigenvalue weighted by atomic mass is 16.8. The molecule has 0 unspecified atom stereocenters. The third kappa shape index (κ3) is 11.0. The zero-order valence-electron chi connectivity index (χ0n) is 47.2. The summed E-state index contributed by atoms with van der Waals surface area (Å²) in [5, 5.41) is 188. The summed E-state index contributed by atoms with van der Waals surface area (Å²) in [6.45, 7) is 3.04. The van der Waals surface area contributed by atoms with Crippen molar-refractivity contribution in [1.29, 1.82) is 0 Å². The molecular weight excluding hydrogens is 1120 g/mol. The highest BCUT2D eigenvalue weighted by Gasteiger charge is 2.73. The third-order valence-corrected chi connectivity index (χ3v) is 21.8. The summed E-state index contributed by atoms with van der Waals surface area (Å²) in [6, 6.07) is 0. The number of aliphatic hydroxyl groups excluding tert-OH is 17. The third-order valence-electron chi connectivity index (χ3n) is 21.8. The van der Waals surface area contributed by atoms with E-state index in [1.165, 1.54) is 0 Å². The Morgan fingerprint density at radius 1 is 0.464 bits per heavy atom. The van der Waals surface area contributed by atoms with Crippen LogP contribution in [0.25, 0.3) is 0 Å². The summed E-state index contributed by atoms with van der Waals surface area (Å²) in [5.41, 5.74) is -0.519. The van der Waals surface area contributed by atoms with Crippen molar-refractivity contribution in [3.8, 4) is 0 Å². The van der Waals surface area contributed by atoms with Gasteiger partial charge in [-0.3, -0.25) is 0 Å². The van der Waals surface area contributed by atoms with Crippen LogP contribution in [0.1, 0.15) is 78.6 Å². The van der Waals surface area contributed by atoms with Gasteiger partial charge in [-0.2, -0.15) is 0 Å². The molecule has 29 nitrogen and oxygen atoms in total. The number of hydrogen-bond acceptors (Lipinski definition) is 29. The first-order valence-electron chi connectivity index (χ1n) is 30.1. The molecule has 11 aliphatic rings. The summed E-state index contributed by atoms with van der Waals surface area (Å²) < 4.78 is 72.6. The monoisotopic (exact) mass is 1210 g/mol. The van der Waals surface area contributed by atoms with E-state index in [2.05, 4.69) is 20.8 Å². The van der Waals surface area contributed by atoms with E-state index in [1.54, 1.807) is 0 Å². The number of fused-ring (bicyclic) bond motifs is 7. The Kier molecular flexibility index (Phi) is 19.3. The van der Waals surface area contributed by atoms with Gasteiger partial charge in [0.05, 0.1) is 64.1 Å². The van der Waals surface area contributed by atoms with Gasteiger partial charge in [0, 0.05) is 18.3 Å². The molecule has 17 N–H and O–H groups in total. The van der Waals surface area contributed by atoms with Crippen LogP contribution in [0.4, 0.5) is 0 Å². The minimum Gasteiger partial charge on any atom is -0.394 e. The van der Waals surface area contributed by atoms with E-state index in [0.29, 0.717) is 19.4 Å². The molecule has 84 heavy (non-hydrogen) atoms. The van der Waals surface area contributed by atoms with Crippen LogP contribution in [0.3, 0.4) is 0 Å². The molecule has 0 aromatic carbocycles. The molecule has 7 heterocycles. The van der Waals surface area contributed by atoms with Crippen LogP contribution in [-0.4, -0.2) is 304 Å². The largest absolute Gasteiger partial charge is 0.394 e.